The van der Waals surface area contributed by atoms with E-state index in [2.05, 4.69) is 25.4 Å². The maximum atomic E-state index is 12.1. The third kappa shape index (κ3) is 2.55. The van der Waals surface area contributed by atoms with Crippen LogP contribution in [-0.2, 0) is 11.2 Å². The van der Waals surface area contributed by atoms with Crippen LogP contribution in [0.4, 0.5) is 11.1 Å². The zero-order valence-electron chi connectivity index (χ0n) is 11.5. The number of fused-ring (bicyclic) bond motifs is 1. The summed E-state index contributed by atoms with van der Waals surface area (Å²) >= 11 is 1.37. The Morgan fingerprint density at radius 2 is 2.24 bits per heavy atom. The number of nitrogens with one attached hydrogen (secondary N) is 1. The zero-order valence-corrected chi connectivity index (χ0v) is 12.3. The first-order chi connectivity index (χ1) is 10.0. The fraction of sp³-hybridized carbons (Fsp3) is 0.250. The summed E-state index contributed by atoms with van der Waals surface area (Å²) < 4.78 is 1.55. The second-order valence-electron chi connectivity index (χ2n) is 4.51. The number of nitrogens with two attached hydrogens (primary N) is 1. The lowest BCUT2D eigenvalue weighted by Gasteiger charge is -2.09. The molecule has 0 aliphatic heterocycles. The van der Waals surface area contributed by atoms with Gasteiger partial charge in [0.1, 0.15) is 0 Å². The van der Waals surface area contributed by atoms with Crippen molar-refractivity contribution in [3.05, 3.63) is 28.5 Å². The van der Waals surface area contributed by atoms with Gasteiger partial charge in [0.15, 0.2) is 5.13 Å². The number of thiazole rings is 1. The molecule has 21 heavy (non-hydrogen) atoms. The summed E-state index contributed by atoms with van der Waals surface area (Å²) in [5.74, 6) is 0.450. The van der Waals surface area contributed by atoms with Gasteiger partial charge < -0.3 is 11.1 Å². The molecule has 0 aliphatic rings. The highest BCUT2D eigenvalue weighted by molar-refractivity contribution is 7.13. The minimum atomic E-state index is -0.148. The van der Waals surface area contributed by atoms with E-state index in [0.717, 1.165) is 17.0 Å². The Bertz CT molecular complexity index is 809. The van der Waals surface area contributed by atoms with Gasteiger partial charge in [-0.3, -0.25) is 4.79 Å². The molecule has 1 amide bonds. The molecule has 0 bridgehead atoms. The Morgan fingerprint density at radius 1 is 1.43 bits per heavy atom. The van der Waals surface area contributed by atoms with Crippen molar-refractivity contribution in [1.82, 2.24) is 24.6 Å². The van der Waals surface area contributed by atoms with Crippen molar-refractivity contribution < 1.29 is 4.79 Å². The molecular formula is C12H13N7OS. The van der Waals surface area contributed by atoms with Gasteiger partial charge in [-0.15, -0.1) is 16.4 Å². The molecule has 0 radical (unpaired) electrons. The minimum absolute atomic E-state index is 0.148. The van der Waals surface area contributed by atoms with Gasteiger partial charge in [-0.05, 0) is 13.8 Å². The summed E-state index contributed by atoms with van der Waals surface area (Å²) in [6.45, 7) is 3.70. The van der Waals surface area contributed by atoms with Gasteiger partial charge in [0, 0.05) is 28.5 Å². The van der Waals surface area contributed by atoms with E-state index in [4.69, 9.17) is 5.73 Å². The summed E-state index contributed by atoms with van der Waals surface area (Å²) in [5.41, 5.74) is 7.93. The molecule has 0 fully saturated rings. The third-order valence-electron chi connectivity index (χ3n) is 3.08. The molecule has 0 unspecified atom stereocenters. The molecule has 3 N–H and O–H groups in total. The molecular weight excluding hydrogens is 290 g/mol. The molecule has 8 nitrogen and oxygen atoms in total. The van der Waals surface area contributed by atoms with Crippen molar-refractivity contribution in [2.24, 2.45) is 0 Å². The normalized spacial score (nSPS) is 11.0. The molecule has 3 heterocycles. The highest BCUT2D eigenvalue weighted by Crippen LogP contribution is 2.16. The number of hydrogen-bond acceptors (Lipinski definition) is 7. The molecule has 0 atom stereocenters. The fourth-order valence-electron chi connectivity index (χ4n) is 2.09. The first kappa shape index (κ1) is 13.4. The van der Waals surface area contributed by atoms with Crippen LogP contribution in [0.3, 0.4) is 0 Å². The highest BCUT2D eigenvalue weighted by Gasteiger charge is 2.15. The fourth-order valence-corrected chi connectivity index (χ4v) is 2.63. The molecule has 108 valence electrons. The van der Waals surface area contributed by atoms with E-state index in [0.29, 0.717) is 10.9 Å². The SMILES string of the molecule is Cc1nc2nc(N)nn2c(C)c1CC(=O)Nc1nccs1. The summed E-state index contributed by atoms with van der Waals surface area (Å²) in [6, 6.07) is 0. The second-order valence-corrected chi connectivity index (χ2v) is 5.40. The Hall–Kier alpha value is -2.55. The van der Waals surface area contributed by atoms with Crippen LogP contribution in [0, 0.1) is 13.8 Å². The zero-order chi connectivity index (χ0) is 15.0. The predicted octanol–water partition coefficient (Wildman–Crippen LogP) is 0.961. The molecule has 0 saturated heterocycles. The number of nitrogens with zero attached hydrogens (tertiary/aromatic N) is 5. The van der Waals surface area contributed by atoms with Crippen molar-refractivity contribution in [1.29, 1.82) is 0 Å². The van der Waals surface area contributed by atoms with Crippen molar-refractivity contribution >= 4 is 34.1 Å². The molecule has 9 heteroatoms. The van der Waals surface area contributed by atoms with Crippen LogP contribution < -0.4 is 11.1 Å². The maximum absolute atomic E-state index is 12.1. The number of nitrogen functional groups attached to an aromatic ring is 1. The van der Waals surface area contributed by atoms with E-state index in [1.165, 1.54) is 11.3 Å². The number of hydrogen-bond donors (Lipinski definition) is 2. The minimum Gasteiger partial charge on any atom is -0.366 e. The van der Waals surface area contributed by atoms with Crippen molar-refractivity contribution in [3.63, 3.8) is 0 Å². The van der Waals surface area contributed by atoms with Gasteiger partial charge in [-0.2, -0.15) is 9.50 Å². The number of anilines is 2. The number of rotatable bonds is 3. The number of aromatic nitrogens is 5. The standard InChI is InChI=1S/C12H13N7OS/c1-6-8(5-9(20)16-12-14-3-4-21-12)7(2)19-11(15-6)17-10(13)18-19/h3-4H,5H2,1-2H3,(H2,13,18)(H,14,16,20). The number of carbonyl (C=O) groups is 1. The van der Waals surface area contributed by atoms with Crippen LogP contribution in [-0.4, -0.2) is 30.5 Å². The maximum Gasteiger partial charge on any atom is 0.254 e. The number of aryl methyl sites for hydroxylation is 2. The van der Waals surface area contributed by atoms with E-state index >= 15 is 0 Å². The van der Waals surface area contributed by atoms with Crippen LogP contribution in [0.25, 0.3) is 5.78 Å². The largest absolute Gasteiger partial charge is 0.366 e. The molecule has 3 aromatic rings. The summed E-state index contributed by atoms with van der Waals surface area (Å²) in [7, 11) is 0. The summed E-state index contributed by atoms with van der Waals surface area (Å²) in [4.78, 5) is 24.5. The first-order valence-corrected chi connectivity index (χ1v) is 7.10. The molecule has 3 aromatic heterocycles. The van der Waals surface area contributed by atoms with Gasteiger partial charge in [0.2, 0.25) is 11.9 Å². The first-order valence-electron chi connectivity index (χ1n) is 6.22. The second kappa shape index (κ2) is 5.09. The predicted molar refractivity (Wildman–Crippen MR) is 79.1 cm³/mol. The quantitative estimate of drug-likeness (QED) is 0.745. The summed E-state index contributed by atoms with van der Waals surface area (Å²) in [6.07, 6.45) is 1.84. The Morgan fingerprint density at radius 3 is 2.95 bits per heavy atom. The van der Waals surface area contributed by atoms with E-state index in [1.54, 1.807) is 16.1 Å². The van der Waals surface area contributed by atoms with E-state index in [1.807, 2.05) is 13.8 Å². The Kier molecular flexibility index (Phi) is 3.26. The van der Waals surface area contributed by atoms with Crippen molar-refractivity contribution in [3.8, 4) is 0 Å². The molecule has 3 rings (SSSR count). The topological polar surface area (TPSA) is 111 Å². The molecule has 0 spiro atoms. The Labute approximate surface area is 124 Å². The Balaban J connectivity index is 1.91. The monoisotopic (exact) mass is 303 g/mol. The smallest absolute Gasteiger partial charge is 0.254 e. The molecule has 0 aliphatic carbocycles. The molecule has 0 aromatic carbocycles. The average Bonchev–Trinajstić information content (AvgIpc) is 3.04. The van der Waals surface area contributed by atoms with Crippen LogP contribution in [0.2, 0.25) is 0 Å². The van der Waals surface area contributed by atoms with Crippen LogP contribution in [0.5, 0.6) is 0 Å². The average molecular weight is 303 g/mol. The lowest BCUT2D eigenvalue weighted by molar-refractivity contribution is -0.115. The number of amides is 1. The van der Waals surface area contributed by atoms with E-state index in [-0.39, 0.29) is 18.3 Å². The van der Waals surface area contributed by atoms with Gasteiger partial charge >= 0.3 is 0 Å². The van der Waals surface area contributed by atoms with Crippen molar-refractivity contribution in [2.75, 3.05) is 11.1 Å². The third-order valence-corrected chi connectivity index (χ3v) is 3.77. The highest BCUT2D eigenvalue weighted by atomic mass is 32.1. The van der Waals surface area contributed by atoms with Gasteiger partial charge in [0.05, 0.1) is 6.42 Å². The van der Waals surface area contributed by atoms with Gasteiger partial charge in [-0.25, -0.2) is 9.97 Å². The lowest BCUT2D eigenvalue weighted by atomic mass is 10.1. The number of carbonyl (C=O) groups excluding carboxylic acids is 1. The van der Waals surface area contributed by atoms with Crippen molar-refractivity contribution in [2.45, 2.75) is 20.3 Å². The molecule has 0 saturated carbocycles. The van der Waals surface area contributed by atoms with Crippen LogP contribution in [0.15, 0.2) is 11.6 Å². The van der Waals surface area contributed by atoms with Gasteiger partial charge in [0.25, 0.3) is 5.78 Å². The van der Waals surface area contributed by atoms with E-state index < -0.39 is 0 Å². The van der Waals surface area contributed by atoms with Crippen LogP contribution in [0.1, 0.15) is 17.0 Å². The lowest BCUT2D eigenvalue weighted by Crippen LogP contribution is -2.17. The van der Waals surface area contributed by atoms with Crippen LogP contribution >= 0.6 is 11.3 Å². The summed E-state index contributed by atoms with van der Waals surface area (Å²) in [5, 5.41) is 9.21. The van der Waals surface area contributed by atoms with Gasteiger partial charge in [-0.1, -0.05) is 0 Å². The van der Waals surface area contributed by atoms with E-state index in [9.17, 15) is 4.79 Å².